The average Bonchev–Trinajstić information content (AvgIpc) is 3.14. The van der Waals surface area contributed by atoms with Crippen LogP contribution < -0.4 is 4.72 Å². The zero-order valence-electron chi connectivity index (χ0n) is 16.0. The Labute approximate surface area is 200 Å². The Kier molecular flexibility index (Phi) is 7.38. The molecule has 1 aliphatic heterocycles. The van der Waals surface area contributed by atoms with Gasteiger partial charge in [0.05, 0.1) is 5.56 Å². The van der Waals surface area contributed by atoms with Crippen molar-refractivity contribution < 1.29 is 26.4 Å². The van der Waals surface area contributed by atoms with Crippen LogP contribution in [0, 0.1) is 5.92 Å². The number of rotatable bonds is 6. The molecule has 0 fully saturated rings. The lowest BCUT2D eigenvalue weighted by Gasteiger charge is -2.12. The second kappa shape index (κ2) is 9.54. The molecule has 32 heavy (non-hydrogen) atoms. The SMILES string of the molecule is O=C(NS(=O)(=O)c1cc(C(F)(F)F)ccc1Br)C1=CC(CCc2cc(Cl)cc(Cl)c2)C=N1. The van der Waals surface area contributed by atoms with Gasteiger partial charge in [-0.3, -0.25) is 9.79 Å². The van der Waals surface area contributed by atoms with Crippen molar-refractivity contribution in [3.8, 4) is 0 Å². The zero-order chi connectivity index (χ0) is 23.7. The number of halogens is 6. The fourth-order valence-electron chi connectivity index (χ4n) is 2.96. The lowest BCUT2D eigenvalue weighted by molar-refractivity contribution is -0.137. The van der Waals surface area contributed by atoms with Crippen molar-refractivity contribution in [3.63, 3.8) is 0 Å². The average molecular weight is 570 g/mol. The van der Waals surface area contributed by atoms with E-state index in [-0.39, 0.29) is 16.1 Å². The first kappa shape index (κ1) is 24.8. The third kappa shape index (κ3) is 6.12. The molecule has 2 aromatic rings. The minimum atomic E-state index is -4.74. The number of allylic oxidation sites excluding steroid dienone is 1. The van der Waals surface area contributed by atoms with Crippen LogP contribution in [-0.2, 0) is 27.4 Å². The van der Waals surface area contributed by atoms with Gasteiger partial charge in [-0.2, -0.15) is 13.2 Å². The molecule has 0 spiro atoms. The molecule has 1 atom stereocenters. The van der Waals surface area contributed by atoms with Crippen molar-refractivity contribution in [3.05, 3.63) is 73.8 Å². The summed E-state index contributed by atoms with van der Waals surface area (Å²) >= 11 is 14.8. The number of carbonyl (C=O) groups is 1. The van der Waals surface area contributed by atoms with E-state index in [1.54, 1.807) is 22.9 Å². The largest absolute Gasteiger partial charge is 0.416 e. The number of aryl methyl sites for hydroxylation is 1. The van der Waals surface area contributed by atoms with Crippen LogP contribution in [0.5, 0.6) is 0 Å². The van der Waals surface area contributed by atoms with Gasteiger partial charge in [0.1, 0.15) is 10.6 Å². The van der Waals surface area contributed by atoms with Crippen LogP contribution >= 0.6 is 39.1 Å². The highest BCUT2D eigenvalue weighted by molar-refractivity contribution is 9.10. The molecular formula is C20H14BrCl2F3N2O3S. The summed E-state index contributed by atoms with van der Waals surface area (Å²) in [6.07, 6.45) is -0.625. The molecule has 1 heterocycles. The molecule has 1 N–H and O–H groups in total. The van der Waals surface area contributed by atoms with Gasteiger partial charge in [0.2, 0.25) is 0 Å². The number of nitrogens with zero attached hydrogens (tertiary/aromatic N) is 1. The predicted molar refractivity (Wildman–Crippen MR) is 119 cm³/mol. The Morgan fingerprint density at radius 2 is 1.78 bits per heavy atom. The van der Waals surface area contributed by atoms with Gasteiger partial charge >= 0.3 is 6.18 Å². The van der Waals surface area contributed by atoms with E-state index in [1.807, 2.05) is 0 Å². The molecule has 0 saturated heterocycles. The highest BCUT2D eigenvalue weighted by Gasteiger charge is 2.33. The Balaban J connectivity index is 1.70. The highest BCUT2D eigenvalue weighted by Crippen LogP contribution is 2.33. The van der Waals surface area contributed by atoms with E-state index >= 15 is 0 Å². The quantitative estimate of drug-likeness (QED) is 0.478. The van der Waals surface area contributed by atoms with E-state index in [0.29, 0.717) is 29.0 Å². The molecule has 1 aliphatic rings. The van der Waals surface area contributed by atoms with Crippen molar-refractivity contribution in [2.24, 2.45) is 10.9 Å². The molecule has 3 rings (SSSR count). The number of hydrogen-bond donors (Lipinski definition) is 1. The number of alkyl halides is 3. The van der Waals surface area contributed by atoms with Crippen LogP contribution in [-0.4, -0.2) is 20.5 Å². The number of amides is 1. The van der Waals surface area contributed by atoms with Gasteiger partial charge in [-0.1, -0.05) is 23.2 Å². The van der Waals surface area contributed by atoms with E-state index in [2.05, 4.69) is 20.9 Å². The number of hydrogen-bond acceptors (Lipinski definition) is 4. The predicted octanol–water partition coefficient (Wildman–Crippen LogP) is 5.80. The van der Waals surface area contributed by atoms with E-state index in [4.69, 9.17) is 23.2 Å². The van der Waals surface area contributed by atoms with Gasteiger partial charge < -0.3 is 0 Å². The Morgan fingerprint density at radius 1 is 1.12 bits per heavy atom. The van der Waals surface area contributed by atoms with Crippen molar-refractivity contribution in [2.75, 3.05) is 0 Å². The summed E-state index contributed by atoms with van der Waals surface area (Å²) in [5.74, 6) is -1.28. The van der Waals surface area contributed by atoms with Gasteiger partial charge in [-0.25, -0.2) is 13.1 Å². The second-order valence-corrected chi connectivity index (χ2v) is 10.3. The number of sulfonamides is 1. The van der Waals surface area contributed by atoms with E-state index < -0.39 is 32.6 Å². The molecule has 0 bridgehead atoms. The number of nitrogens with one attached hydrogen (secondary N) is 1. The Morgan fingerprint density at radius 3 is 2.41 bits per heavy atom. The molecule has 5 nitrogen and oxygen atoms in total. The van der Waals surface area contributed by atoms with Gasteiger partial charge in [-0.15, -0.1) is 0 Å². The molecule has 0 saturated carbocycles. The zero-order valence-corrected chi connectivity index (χ0v) is 19.9. The van der Waals surface area contributed by atoms with Crippen LogP contribution in [0.15, 0.2) is 62.5 Å². The standard InChI is InChI=1S/C20H14BrCl2F3N2O3S/c21-16-4-3-13(20(24,25)26)8-18(16)32(30,31)28-19(29)17-7-12(10-27-17)2-1-11-5-14(22)9-15(23)6-11/h3-10,12H,1-2H2,(H,28,29). The molecule has 1 unspecified atom stereocenters. The minimum absolute atomic E-state index is 0.118. The van der Waals surface area contributed by atoms with E-state index in [9.17, 15) is 26.4 Å². The molecule has 0 aliphatic carbocycles. The van der Waals surface area contributed by atoms with Crippen LogP contribution in [0.2, 0.25) is 10.0 Å². The first-order valence-corrected chi connectivity index (χ1v) is 12.0. The van der Waals surface area contributed by atoms with Crippen molar-refractivity contribution in [1.29, 1.82) is 0 Å². The van der Waals surface area contributed by atoms with Gasteiger partial charge in [-0.05, 0) is 76.8 Å². The summed E-state index contributed by atoms with van der Waals surface area (Å²) in [7, 11) is -4.58. The Hall–Kier alpha value is -1.88. The number of aliphatic imine (C=N–C) groups is 1. The van der Waals surface area contributed by atoms with Gasteiger partial charge in [0.15, 0.2) is 0 Å². The smallest absolute Gasteiger partial charge is 0.266 e. The van der Waals surface area contributed by atoms with Gasteiger partial charge in [0.25, 0.3) is 15.9 Å². The summed E-state index contributed by atoms with van der Waals surface area (Å²) in [5, 5.41) is 0.989. The van der Waals surface area contributed by atoms with Crippen LogP contribution in [0.1, 0.15) is 17.5 Å². The first-order valence-electron chi connectivity index (χ1n) is 9.00. The van der Waals surface area contributed by atoms with Gasteiger partial charge in [0, 0.05) is 26.7 Å². The summed E-state index contributed by atoms with van der Waals surface area (Å²) in [6, 6.07) is 7.26. The molecule has 1 amide bonds. The van der Waals surface area contributed by atoms with E-state index in [1.165, 1.54) is 12.3 Å². The first-order chi connectivity index (χ1) is 14.8. The normalized spacial score (nSPS) is 16.2. The molecule has 12 heteroatoms. The fourth-order valence-corrected chi connectivity index (χ4v) is 5.48. The molecule has 0 radical (unpaired) electrons. The minimum Gasteiger partial charge on any atom is -0.266 e. The summed E-state index contributed by atoms with van der Waals surface area (Å²) in [6.45, 7) is 0. The molecule has 2 aromatic carbocycles. The molecule has 170 valence electrons. The van der Waals surface area contributed by atoms with Crippen LogP contribution in [0.4, 0.5) is 13.2 Å². The summed E-state index contributed by atoms with van der Waals surface area (Å²) in [4.78, 5) is 15.6. The van der Waals surface area contributed by atoms with Crippen molar-refractivity contribution in [2.45, 2.75) is 23.9 Å². The highest BCUT2D eigenvalue weighted by atomic mass is 79.9. The van der Waals surface area contributed by atoms with Crippen molar-refractivity contribution in [1.82, 2.24) is 4.72 Å². The number of carbonyl (C=O) groups excluding carboxylic acids is 1. The molecule has 0 aromatic heterocycles. The van der Waals surface area contributed by atoms with Crippen molar-refractivity contribution >= 4 is 61.3 Å². The van der Waals surface area contributed by atoms with E-state index in [0.717, 1.165) is 17.7 Å². The monoisotopic (exact) mass is 568 g/mol. The van der Waals surface area contributed by atoms with Crippen LogP contribution in [0.3, 0.4) is 0 Å². The fraction of sp³-hybridized carbons (Fsp3) is 0.200. The summed E-state index contributed by atoms with van der Waals surface area (Å²) < 4.78 is 65.5. The maximum absolute atomic E-state index is 12.9. The maximum Gasteiger partial charge on any atom is 0.416 e. The number of benzene rings is 2. The topological polar surface area (TPSA) is 75.6 Å². The third-order valence-corrected chi connectivity index (χ3v) is 7.23. The maximum atomic E-state index is 12.9. The lowest BCUT2D eigenvalue weighted by atomic mass is 10.0. The second-order valence-electron chi connectivity index (χ2n) is 6.89. The molecular weight excluding hydrogens is 556 g/mol. The Bertz CT molecular complexity index is 1210. The third-order valence-electron chi connectivity index (χ3n) is 4.47. The lowest BCUT2D eigenvalue weighted by Crippen LogP contribution is -2.31. The summed E-state index contributed by atoms with van der Waals surface area (Å²) in [5.41, 5.74) is -0.419. The van der Waals surface area contributed by atoms with Crippen LogP contribution in [0.25, 0.3) is 0 Å².